The van der Waals surface area contributed by atoms with E-state index in [-0.39, 0.29) is 0 Å². The molecule has 2 rings (SSSR count). The molecule has 3 heteroatoms. The number of rotatable bonds is 1. The van der Waals surface area contributed by atoms with Gasteiger partial charge in [-0.05, 0) is 24.5 Å². The third-order valence-corrected chi connectivity index (χ3v) is 2.26. The van der Waals surface area contributed by atoms with Crippen molar-refractivity contribution in [3.63, 3.8) is 0 Å². The van der Waals surface area contributed by atoms with E-state index in [1.807, 2.05) is 17.4 Å². The molecule has 0 saturated heterocycles. The molecule has 68 valence electrons. The van der Waals surface area contributed by atoms with Gasteiger partial charge in [0.2, 0.25) is 0 Å². The number of hydrogen-bond acceptors (Lipinski definition) is 2. The van der Waals surface area contributed by atoms with Crippen molar-refractivity contribution < 1.29 is 0 Å². The van der Waals surface area contributed by atoms with Gasteiger partial charge in [0.05, 0.1) is 0 Å². The molecule has 2 heterocycles. The lowest BCUT2D eigenvalue weighted by Gasteiger charge is -2.05. The minimum absolute atomic E-state index is 0.547. The molecular formula is C10H13N3. The van der Waals surface area contributed by atoms with Gasteiger partial charge in [0.1, 0.15) is 5.82 Å². The molecule has 0 spiro atoms. The van der Waals surface area contributed by atoms with Crippen molar-refractivity contribution >= 4 is 5.65 Å². The van der Waals surface area contributed by atoms with Gasteiger partial charge in [-0.1, -0.05) is 19.9 Å². The number of nitrogens with zero attached hydrogens (tertiary/aromatic N) is 3. The molecule has 0 radical (unpaired) electrons. The Balaban J connectivity index is 2.66. The van der Waals surface area contributed by atoms with Gasteiger partial charge in [-0.2, -0.15) is 0 Å². The summed E-state index contributed by atoms with van der Waals surface area (Å²) >= 11 is 0. The highest BCUT2D eigenvalue weighted by molar-refractivity contribution is 5.39. The Bertz CT molecular complexity index is 429. The second-order valence-electron chi connectivity index (χ2n) is 3.59. The van der Waals surface area contributed by atoms with Crippen LogP contribution in [0, 0.1) is 6.92 Å². The van der Waals surface area contributed by atoms with Crippen molar-refractivity contribution in [3.8, 4) is 0 Å². The lowest BCUT2D eigenvalue weighted by molar-refractivity contribution is 0.849. The lowest BCUT2D eigenvalue weighted by Crippen LogP contribution is -1.93. The van der Waals surface area contributed by atoms with Crippen LogP contribution in [0.2, 0.25) is 0 Å². The summed E-state index contributed by atoms with van der Waals surface area (Å²) < 4.78 is 2.02. The fourth-order valence-electron chi connectivity index (χ4n) is 1.36. The Kier molecular flexibility index (Phi) is 1.79. The van der Waals surface area contributed by atoms with Crippen LogP contribution in [0.25, 0.3) is 5.65 Å². The van der Waals surface area contributed by atoms with Crippen LogP contribution in [0.3, 0.4) is 0 Å². The first-order valence-corrected chi connectivity index (χ1v) is 4.50. The van der Waals surface area contributed by atoms with E-state index in [1.54, 1.807) is 0 Å². The highest BCUT2D eigenvalue weighted by Crippen LogP contribution is 2.15. The molecule has 3 nitrogen and oxygen atoms in total. The number of fused-ring (bicyclic) bond motifs is 1. The van der Waals surface area contributed by atoms with Crippen LogP contribution >= 0.6 is 0 Å². The van der Waals surface area contributed by atoms with Crippen molar-refractivity contribution in [1.82, 2.24) is 14.6 Å². The van der Waals surface area contributed by atoms with Gasteiger partial charge in [-0.15, -0.1) is 10.2 Å². The predicted molar refractivity (Wildman–Crippen MR) is 51.8 cm³/mol. The van der Waals surface area contributed by atoms with E-state index in [0.29, 0.717) is 5.92 Å². The number of pyridine rings is 1. The van der Waals surface area contributed by atoms with Crippen molar-refractivity contribution in [2.45, 2.75) is 26.7 Å². The number of aromatic nitrogens is 3. The SMILES string of the molecule is Cc1nnc2ccc(C(C)C)cn12. The number of hydrogen-bond donors (Lipinski definition) is 0. The van der Waals surface area contributed by atoms with Crippen molar-refractivity contribution in [2.75, 3.05) is 0 Å². The smallest absolute Gasteiger partial charge is 0.160 e. The Labute approximate surface area is 77.4 Å². The molecule has 2 aromatic heterocycles. The molecule has 0 fully saturated rings. The molecule has 0 amide bonds. The van der Waals surface area contributed by atoms with Gasteiger partial charge in [-0.3, -0.25) is 4.40 Å². The molecule has 0 aliphatic carbocycles. The van der Waals surface area contributed by atoms with Crippen molar-refractivity contribution in [1.29, 1.82) is 0 Å². The van der Waals surface area contributed by atoms with Crippen LogP contribution in [0.15, 0.2) is 18.3 Å². The summed E-state index contributed by atoms with van der Waals surface area (Å²) in [5, 5.41) is 8.04. The van der Waals surface area contributed by atoms with Gasteiger partial charge in [0.15, 0.2) is 5.65 Å². The van der Waals surface area contributed by atoms with Gasteiger partial charge in [0, 0.05) is 6.20 Å². The van der Waals surface area contributed by atoms with E-state index in [1.165, 1.54) is 5.56 Å². The van der Waals surface area contributed by atoms with Crippen LogP contribution in [-0.2, 0) is 0 Å². The van der Waals surface area contributed by atoms with Crippen molar-refractivity contribution in [2.24, 2.45) is 0 Å². The minimum atomic E-state index is 0.547. The van der Waals surface area contributed by atoms with Gasteiger partial charge >= 0.3 is 0 Å². The Hall–Kier alpha value is -1.38. The average molecular weight is 175 g/mol. The summed E-state index contributed by atoms with van der Waals surface area (Å²) in [4.78, 5) is 0. The third-order valence-electron chi connectivity index (χ3n) is 2.26. The summed E-state index contributed by atoms with van der Waals surface area (Å²) in [6.45, 7) is 6.33. The lowest BCUT2D eigenvalue weighted by atomic mass is 10.1. The summed E-state index contributed by atoms with van der Waals surface area (Å²) in [6, 6.07) is 4.11. The average Bonchev–Trinajstić information content (AvgIpc) is 2.47. The maximum Gasteiger partial charge on any atom is 0.160 e. The molecule has 0 aromatic carbocycles. The molecule has 0 saturated carbocycles. The minimum Gasteiger partial charge on any atom is -0.286 e. The zero-order chi connectivity index (χ0) is 9.42. The Morgan fingerprint density at radius 2 is 2.00 bits per heavy atom. The predicted octanol–water partition coefficient (Wildman–Crippen LogP) is 2.16. The standard InChI is InChI=1S/C10H13N3/c1-7(2)9-4-5-10-12-11-8(3)13(10)6-9/h4-7H,1-3H3. The molecular weight excluding hydrogens is 162 g/mol. The van der Waals surface area contributed by atoms with E-state index in [2.05, 4.69) is 36.3 Å². The molecule has 0 unspecified atom stereocenters. The topological polar surface area (TPSA) is 30.2 Å². The second kappa shape index (κ2) is 2.83. The van der Waals surface area contributed by atoms with E-state index < -0.39 is 0 Å². The molecule has 0 aliphatic heterocycles. The van der Waals surface area contributed by atoms with Crippen LogP contribution in [0.5, 0.6) is 0 Å². The summed E-state index contributed by atoms with van der Waals surface area (Å²) in [7, 11) is 0. The van der Waals surface area contributed by atoms with Crippen LogP contribution in [0.4, 0.5) is 0 Å². The van der Waals surface area contributed by atoms with Crippen LogP contribution in [0.1, 0.15) is 31.2 Å². The van der Waals surface area contributed by atoms with Crippen LogP contribution < -0.4 is 0 Å². The first kappa shape index (κ1) is 8.23. The van der Waals surface area contributed by atoms with Gasteiger partial charge < -0.3 is 0 Å². The quantitative estimate of drug-likeness (QED) is 0.664. The fraction of sp³-hybridized carbons (Fsp3) is 0.400. The zero-order valence-corrected chi connectivity index (χ0v) is 8.15. The number of aryl methyl sites for hydroxylation is 1. The zero-order valence-electron chi connectivity index (χ0n) is 8.15. The molecule has 13 heavy (non-hydrogen) atoms. The maximum atomic E-state index is 4.03. The molecule has 0 bridgehead atoms. The summed E-state index contributed by atoms with van der Waals surface area (Å²) in [5.74, 6) is 1.49. The normalized spacial score (nSPS) is 11.4. The van der Waals surface area contributed by atoms with E-state index in [9.17, 15) is 0 Å². The summed E-state index contributed by atoms with van der Waals surface area (Å²) in [6.07, 6.45) is 2.11. The maximum absolute atomic E-state index is 4.03. The van der Waals surface area contributed by atoms with Gasteiger partial charge in [-0.25, -0.2) is 0 Å². The largest absolute Gasteiger partial charge is 0.286 e. The summed E-state index contributed by atoms with van der Waals surface area (Å²) in [5.41, 5.74) is 2.23. The fourth-order valence-corrected chi connectivity index (χ4v) is 1.36. The van der Waals surface area contributed by atoms with Gasteiger partial charge in [0.25, 0.3) is 0 Å². The van der Waals surface area contributed by atoms with E-state index in [0.717, 1.165) is 11.5 Å². The monoisotopic (exact) mass is 175 g/mol. The highest BCUT2D eigenvalue weighted by Gasteiger charge is 2.03. The van der Waals surface area contributed by atoms with E-state index >= 15 is 0 Å². The van der Waals surface area contributed by atoms with Crippen LogP contribution in [-0.4, -0.2) is 14.6 Å². The molecule has 0 aliphatic rings. The first-order chi connectivity index (χ1) is 6.18. The molecule has 0 atom stereocenters. The first-order valence-electron chi connectivity index (χ1n) is 4.50. The Morgan fingerprint density at radius 1 is 1.23 bits per heavy atom. The van der Waals surface area contributed by atoms with Crippen molar-refractivity contribution in [3.05, 3.63) is 29.7 Å². The molecule has 2 aromatic rings. The Morgan fingerprint density at radius 3 is 2.69 bits per heavy atom. The van der Waals surface area contributed by atoms with E-state index in [4.69, 9.17) is 0 Å². The third kappa shape index (κ3) is 1.30. The highest BCUT2D eigenvalue weighted by atomic mass is 15.2. The second-order valence-corrected chi connectivity index (χ2v) is 3.59. The molecule has 0 N–H and O–H groups in total.